The van der Waals surface area contributed by atoms with Crippen LogP contribution in [0.4, 0.5) is 0 Å². The maximum Gasteiger partial charge on any atom is 0.213 e. The van der Waals surface area contributed by atoms with Gasteiger partial charge in [-0.1, -0.05) is 17.3 Å². The van der Waals surface area contributed by atoms with Crippen molar-refractivity contribution in [2.75, 3.05) is 7.11 Å². The number of carbonyl (C=O) groups is 1. The maximum absolute atomic E-state index is 13.1. The van der Waals surface area contributed by atoms with E-state index in [1.54, 1.807) is 31.4 Å². The molecule has 25 heavy (non-hydrogen) atoms. The van der Waals surface area contributed by atoms with Gasteiger partial charge >= 0.3 is 0 Å². The zero-order chi connectivity index (χ0) is 17.8. The zero-order valence-electron chi connectivity index (χ0n) is 14.1. The molecule has 4 rings (SSSR count). The number of fused-ring (bicyclic) bond motifs is 4. The first-order chi connectivity index (χ1) is 12.0. The monoisotopic (exact) mass is 336 g/mol. The quantitative estimate of drug-likeness (QED) is 0.676. The molecule has 3 aromatic rings. The summed E-state index contributed by atoms with van der Waals surface area (Å²) in [6.07, 6.45) is 0. The topological polar surface area (TPSA) is 81.8 Å². The van der Waals surface area contributed by atoms with E-state index >= 15 is 0 Å². The molecule has 0 radical (unpaired) electrons. The molecule has 1 aromatic carbocycles. The third-order valence-electron chi connectivity index (χ3n) is 4.71. The third-order valence-corrected chi connectivity index (χ3v) is 4.71. The summed E-state index contributed by atoms with van der Waals surface area (Å²) >= 11 is 0. The van der Waals surface area contributed by atoms with E-state index in [1.807, 2.05) is 19.9 Å². The average molecular weight is 336 g/mol. The van der Waals surface area contributed by atoms with Crippen molar-refractivity contribution in [3.8, 4) is 5.88 Å². The normalized spacial score (nSPS) is 14.9. The number of nitroso groups, excluding NO2 is 1. The molecule has 6 heteroatoms. The minimum Gasteiger partial charge on any atom is -0.481 e. The summed E-state index contributed by atoms with van der Waals surface area (Å²) in [5.41, 5.74) is 2.49. The van der Waals surface area contributed by atoms with Crippen molar-refractivity contribution in [3.63, 3.8) is 0 Å². The highest BCUT2D eigenvalue weighted by atomic mass is 16.5. The second-order valence-electron chi connectivity index (χ2n) is 6.63. The fourth-order valence-corrected chi connectivity index (χ4v) is 3.44. The molecule has 0 N–H and O–H groups in total. The van der Waals surface area contributed by atoms with Gasteiger partial charge in [0.15, 0.2) is 5.78 Å². The van der Waals surface area contributed by atoms with Crippen molar-refractivity contribution in [3.05, 3.63) is 63.4 Å². The molecule has 0 fully saturated rings. The largest absolute Gasteiger partial charge is 0.481 e. The molecule has 0 amide bonds. The third kappa shape index (κ3) is 2.10. The van der Waals surface area contributed by atoms with Gasteiger partial charge in [0.2, 0.25) is 5.88 Å². The number of hydrogen-bond acceptors (Lipinski definition) is 6. The number of hydrogen-bond donors (Lipinski definition) is 0. The summed E-state index contributed by atoms with van der Waals surface area (Å²) in [7, 11) is 1.54. The Bertz CT molecular complexity index is 1030. The van der Waals surface area contributed by atoms with E-state index in [0.29, 0.717) is 34.0 Å². The second kappa shape index (κ2) is 5.24. The lowest BCUT2D eigenvalue weighted by molar-refractivity contribution is 0.102. The van der Waals surface area contributed by atoms with E-state index in [1.165, 1.54) is 0 Å². The van der Waals surface area contributed by atoms with Crippen LogP contribution in [0.25, 0.3) is 11.0 Å². The predicted octanol–water partition coefficient (Wildman–Crippen LogP) is 3.97. The standard InChI is InChI=1S/C19H16N2O4/c1-19(2)17-12(6-7-14(21-17)24-3)16(22)15-11-5-4-10(9-20-23)8-13(11)25-18(15)19/h4-8H,9H2,1-3H3. The van der Waals surface area contributed by atoms with E-state index in [-0.39, 0.29) is 12.3 Å². The molecule has 0 spiro atoms. The van der Waals surface area contributed by atoms with Crippen molar-refractivity contribution < 1.29 is 13.9 Å². The molecule has 0 unspecified atom stereocenters. The van der Waals surface area contributed by atoms with Gasteiger partial charge in [0.25, 0.3) is 0 Å². The molecule has 0 bridgehead atoms. The first-order valence-corrected chi connectivity index (χ1v) is 7.92. The molecular weight excluding hydrogens is 320 g/mol. The predicted molar refractivity (Wildman–Crippen MR) is 92.1 cm³/mol. The number of rotatable bonds is 3. The molecule has 1 aliphatic carbocycles. The minimum atomic E-state index is -0.588. The number of pyridine rings is 1. The van der Waals surface area contributed by atoms with Crippen LogP contribution in [0.1, 0.15) is 46.8 Å². The van der Waals surface area contributed by atoms with Crippen LogP contribution in [0.5, 0.6) is 5.88 Å². The lowest BCUT2D eigenvalue weighted by atomic mass is 9.74. The number of ether oxygens (including phenoxy) is 1. The van der Waals surface area contributed by atoms with Crippen LogP contribution >= 0.6 is 0 Å². The minimum absolute atomic E-state index is 0.0671. The Kier molecular flexibility index (Phi) is 3.25. The first kappa shape index (κ1) is 15.5. The number of methoxy groups -OCH3 is 1. The van der Waals surface area contributed by atoms with Gasteiger partial charge in [-0.15, -0.1) is 0 Å². The number of ketones is 1. The molecule has 0 atom stereocenters. The smallest absolute Gasteiger partial charge is 0.213 e. The zero-order valence-corrected chi connectivity index (χ0v) is 14.1. The first-order valence-electron chi connectivity index (χ1n) is 7.92. The van der Waals surface area contributed by atoms with Crippen LogP contribution in [0.3, 0.4) is 0 Å². The summed E-state index contributed by atoms with van der Waals surface area (Å²) in [5.74, 6) is 0.926. The lowest BCUT2D eigenvalue weighted by Crippen LogP contribution is -2.30. The van der Waals surface area contributed by atoms with Crippen LogP contribution in [-0.2, 0) is 12.0 Å². The van der Waals surface area contributed by atoms with Crippen LogP contribution in [-0.4, -0.2) is 17.9 Å². The van der Waals surface area contributed by atoms with Crippen LogP contribution < -0.4 is 4.74 Å². The lowest BCUT2D eigenvalue weighted by Gasteiger charge is -2.29. The Morgan fingerprint density at radius 1 is 1.24 bits per heavy atom. The number of aromatic nitrogens is 1. The van der Waals surface area contributed by atoms with Gasteiger partial charge in [0, 0.05) is 17.0 Å². The van der Waals surface area contributed by atoms with Crippen molar-refractivity contribution in [1.29, 1.82) is 0 Å². The Morgan fingerprint density at radius 2 is 2.04 bits per heavy atom. The van der Waals surface area contributed by atoms with Crippen LogP contribution in [0.2, 0.25) is 0 Å². The molecule has 0 aliphatic heterocycles. The SMILES string of the molecule is COc1ccc2c(n1)C(C)(C)c1oc3cc(CN=O)ccc3c1C2=O. The van der Waals surface area contributed by atoms with Gasteiger partial charge in [0.1, 0.15) is 17.9 Å². The van der Waals surface area contributed by atoms with Gasteiger partial charge in [0.05, 0.1) is 23.8 Å². The number of furan rings is 1. The molecule has 2 aromatic heterocycles. The Morgan fingerprint density at radius 3 is 2.76 bits per heavy atom. The Hall–Kier alpha value is -3.02. The van der Waals surface area contributed by atoms with Crippen LogP contribution in [0.15, 0.2) is 39.9 Å². The van der Waals surface area contributed by atoms with E-state index in [4.69, 9.17) is 9.15 Å². The fraction of sp³-hybridized carbons (Fsp3) is 0.263. The molecule has 1 aliphatic rings. The molecule has 0 saturated heterocycles. The average Bonchev–Trinajstić information content (AvgIpc) is 3.00. The Labute approximate surface area is 143 Å². The highest BCUT2D eigenvalue weighted by Gasteiger charge is 2.43. The number of benzene rings is 1. The van der Waals surface area contributed by atoms with Gasteiger partial charge in [-0.05, 0) is 31.5 Å². The Balaban J connectivity index is 1.99. The van der Waals surface area contributed by atoms with Crippen molar-refractivity contribution in [2.45, 2.75) is 25.8 Å². The molecule has 0 saturated carbocycles. The van der Waals surface area contributed by atoms with Crippen molar-refractivity contribution in [1.82, 2.24) is 4.98 Å². The van der Waals surface area contributed by atoms with Gasteiger partial charge in [-0.2, -0.15) is 4.91 Å². The van der Waals surface area contributed by atoms with Gasteiger partial charge < -0.3 is 9.15 Å². The summed E-state index contributed by atoms with van der Waals surface area (Å²) in [5, 5.41) is 3.65. The van der Waals surface area contributed by atoms with E-state index in [2.05, 4.69) is 10.2 Å². The summed E-state index contributed by atoms with van der Waals surface area (Å²) in [4.78, 5) is 28.1. The second-order valence-corrected chi connectivity index (χ2v) is 6.63. The number of carbonyl (C=O) groups excluding carboxylic acids is 1. The highest BCUT2D eigenvalue weighted by Crippen LogP contribution is 2.45. The summed E-state index contributed by atoms with van der Waals surface area (Å²) in [6.45, 7) is 4.01. The summed E-state index contributed by atoms with van der Waals surface area (Å²) in [6, 6.07) is 8.80. The van der Waals surface area contributed by atoms with E-state index < -0.39 is 5.41 Å². The highest BCUT2D eigenvalue weighted by molar-refractivity contribution is 6.19. The van der Waals surface area contributed by atoms with Crippen molar-refractivity contribution >= 4 is 16.8 Å². The van der Waals surface area contributed by atoms with Gasteiger partial charge in [-0.25, -0.2) is 4.98 Å². The maximum atomic E-state index is 13.1. The van der Waals surface area contributed by atoms with E-state index in [9.17, 15) is 9.70 Å². The molecule has 6 nitrogen and oxygen atoms in total. The fourth-order valence-electron chi connectivity index (χ4n) is 3.44. The number of nitrogens with zero attached hydrogens (tertiary/aromatic N) is 2. The van der Waals surface area contributed by atoms with Crippen molar-refractivity contribution in [2.24, 2.45) is 5.18 Å². The molecule has 2 heterocycles. The van der Waals surface area contributed by atoms with Crippen LogP contribution in [0, 0.1) is 4.91 Å². The van der Waals surface area contributed by atoms with E-state index in [0.717, 1.165) is 10.9 Å². The summed E-state index contributed by atoms with van der Waals surface area (Å²) < 4.78 is 11.3. The van der Waals surface area contributed by atoms with Gasteiger partial charge in [-0.3, -0.25) is 4.79 Å². The molecule has 126 valence electrons. The molecular formula is C19H16N2O4.